The molecule has 2 amide bonds. The third-order valence-electron chi connectivity index (χ3n) is 6.80. The quantitative estimate of drug-likeness (QED) is 0.272. The number of hydrogen-bond donors (Lipinski definition) is 2. The maximum atomic E-state index is 13.4. The largest absolute Gasteiger partial charge is 0.455 e. The zero-order chi connectivity index (χ0) is 26.6. The summed E-state index contributed by atoms with van der Waals surface area (Å²) >= 11 is 6.05. The van der Waals surface area contributed by atoms with E-state index in [0.717, 1.165) is 28.7 Å². The molecule has 1 aromatic heterocycles. The average Bonchev–Trinajstić information content (AvgIpc) is 3.27. The number of hydrogen-bond acceptors (Lipinski definition) is 4. The molecule has 1 aliphatic carbocycles. The molecular weight excluding hydrogens is 498 g/mol. The van der Waals surface area contributed by atoms with Crippen LogP contribution in [0.2, 0.25) is 5.02 Å². The van der Waals surface area contributed by atoms with Crippen LogP contribution in [0, 0.1) is 13.8 Å². The highest BCUT2D eigenvalue weighted by Crippen LogP contribution is 2.31. The van der Waals surface area contributed by atoms with Crippen molar-refractivity contribution in [1.29, 1.82) is 0 Å². The van der Waals surface area contributed by atoms with Gasteiger partial charge in [-0.1, -0.05) is 72.3 Å². The Balaban J connectivity index is 1.40. The summed E-state index contributed by atoms with van der Waals surface area (Å²) in [5.74, 6) is -0.100. The second-order valence-corrected chi connectivity index (χ2v) is 9.85. The van der Waals surface area contributed by atoms with Gasteiger partial charge in [0.15, 0.2) is 5.76 Å². The number of hydrazone groups is 1. The first-order chi connectivity index (χ1) is 18.4. The molecule has 0 unspecified atom stereocenters. The Kier molecular flexibility index (Phi) is 7.43. The van der Waals surface area contributed by atoms with E-state index in [-0.39, 0.29) is 17.6 Å². The Bertz CT molecular complexity index is 1470. The molecule has 0 saturated carbocycles. The molecule has 4 aromatic rings. The number of carbonyl (C=O) groups is 2. The van der Waals surface area contributed by atoms with Crippen molar-refractivity contribution in [3.05, 3.63) is 123 Å². The number of benzene rings is 3. The number of nitrogens with one attached hydrogen (secondary N) is 2. The number of nitrogens with zero attached hydrogens (tertiary/aromatic N) is 1. The number of amides is 2. The van der Waals surface area contributed by atoms with Gasteiger partial charge >= 0.3 is 0 Å². The van der Waals surface area contributed by atoms with E-state index in [1.54, 1.807) is 18.2 Å². The minimum Gasteiger partial charge on any atom is -0.455 e. The summed E-state index contributed by atoms with van der Waals surface area (Å²) in [5.41, 5.74) is 8.32. The number of fused-ring (bicyclic) bond motifs is 1. The van der Waals surface area contributed by atoms with Crippen LogP contribution in [0.3, 0.4) is 0 Å². The van der Waals surface area contributed by atoms with Gasteiger partial charge in [0.1, 0.15) is 5.76 Å². The fraction of sp³-hybridized carbons (Fsp3) is 0.194. The van der Waals surface area contributed by atoms with Gasteiger partial charge < -0.3 is 9.73 Å². The standard InChI is InChI=1S/C31H28ClN3O3/c1-19-18-23(32)16-17-24(19)33-31(37)29-20(2)27-25(14-9-15-26(27)38-29)34-35-30(36)28(21-10-5-3-6-11-21)22-12-7-4-8-13-22/h3-8,10-13,16-18,28H,9,14-15H2,1-2H3,(H,33,37)(H,35,36)/b34-25+. The normalized spacial score (nSPS) is 13.8. The van der Waals surface area contributed by atoms with Crippen molar-refractivity contribution < 1.29 is 14.0 Å². The van der Waals surface area contributed by atoms with Crippen molar-refractivity contribution in [2.75, 3.05) is 5.32 Å². The third kappa shape index (κ3) is 5.27. The van der Waals surface area contributed by atoms with Gasteiger partial charge in [-0.3, -0.25) is 9.59 Å². The van der Waals surface area contributed by atoms with E-state index in [9.17, 15) is 9.59 Å². The summed E-state index contributed by atoms with van der Waals surface area (Å²) in [6.45, 7) is 3.73. The molecule has 2 N–H and O–H groups in total. The van der Waals surface area contributed by atoms with Crippen LogP contribution in [0.5, 0.6) is 0 Å². The maximum absolute atomic E-state index is 13.4. The molecule has 0 spiro atoms. The highest BCUT2D eigenvalue weighted by atomic mass is 35.5. The van der Waals surface area contributed by atoms with Crippen LogP contribution >= 0.6 is 11.6 Å². The van der Waals surface area contributed by atoms with Crippen molar-refractivity contribution in [1.82, 2.24) is 5.43 Å². The van der Waals surface area contributed by atoms with Gasteiger partial charge in [0.25, 0.3) is 11.8 Å². The predicted molar refractivity (Wildman–Crippen MR) is 150 cm³/mol. The molecule has 1 heterocycles. The zero-order valence-electron chi connectivity index (χ0n) is 21.3. The third-order valence-corrected chi connectivity index (χ3v) is 7.03. The van der Waals surface area contributed by atoms with Crippen molar-refractivity contribution in [3.8, 4) is 0 Å². The van der Waals surface area contributed by atoms with Gasteiger partial charge in [-0.2, -0.15) is 5.10 Å². The Labute approximate surface area is 226 Å². The van der Waals surface area contributed by atoms with E-state index in [4.69, 9.17) is 16.0 Å². The van der Waals surface area contributed by atoms with E-state index in [2.05, 4.69) is 15.8 Å². The molecule has 0 aliphatic heterocycles. The summed E-state index contributed by atoms with van der Waals surface area (Å²) in [5, 5.41) is 8.07. The Hall–Kier alpha value is -4.16. The lowest BCUT2D eigenvalue weighted by Gasteiger charge is -2.18. The Morgan fingerprint density at radius 2 is 1.58 bits per heavy atom. The van der Waals surface area contributed by atoms with Gasteiger partial charge in [0.05, 0.1) is 11.6 Å². The summed E-state index contributed by atoms with van der Waals surface area (Å²) in [6.07, 6.45) is 2.19. The first-order valence-electron chi connectivity index (χ1n) is 12.6. The van der Waals surface area contributed by atoms with Gasteiger partial charge in [0.2, 0.25) is 0 Å². The molecule has 0 fully saturated rings. The van der Waals surface area contributed by atoms with Crippen molar-refractivity contribution >= 4 is 34.8 Å². The van der Waals surface area contributed by atoms with Crippen LogP contribution in [0.1, 0.15) is 62.9 Å². The fourth-order valence-electron chi connectivity index (χ4n) is 4.92. The lowest BCUT2D eigenvalue weighted by atomic mass is 9.90. The van der Waals surface area contributed by atoms with E-state index in [0.29, 0.717) is 40.6 Å². The summed E-state index contributed by atoms with van der Waals surface area (Å²) < 4.78 is 6.03. The zero-order valence-corrected chi connectivity index (χ0v) is 22.0. The monoisotopic (exact) mass is 525 g/mol. The molecule has 6 nitrogen and oxygen atoms in total. The number of anilines is 1. The molecule has 0 radical (unpaired) electrons. The Morgan fingerprint density at radius 1 is 0.921 bits per heavy atom. The van der Waals surface area contributed by atoms with Crippen LogP contribution in [-0.2, 0) is 11.2 Å². The van der Waals surface area contributed by atoms with Gasteiger partial charge in [-0.15, -0.1) is 0 Å². The minimum absolute atomic E-state index is 0.223. The molecule has 1 aliphatic rings. The van der Waals surface area contributed by atoms with Crippen LogP contribution in [0.25, 0.3) is 0 Å². The SMILES string of the molecule is Cc1cc(Cl)ccc1NC(=O)c1oc2c(c1C)/C(=N/NC(=O)C(c1ccccc1)c1ccccc1)CCC2. The molecule has 0 atom stereocenters. The number of halogens is 1. The lowest BCUT2D eigenvalue weighted by Crippen LogP contribution is -2.28. The summed E-state index contributed by atoms with van der Waals surface area (Å²) in [4.78, 5) is 26.6. The first kappa shape index (κ1) is 25.5. The highest BCUT2D eigenvalue weighted by Gasteiger charge is 2.29. The van der Waals surface area contributed by atoms with Crippen molar-refractivity contribution in [2.24, 2.45) is 5.10 Å². The van der Waals surface area contributed by atoms with Crippen LogP contribution in [0.15, 0.2) is 88.4 Å². The molecule has 38 heavy (non-hydrogen) atoms. The van der Waals surface area contributed by atoms with E-state index in [1.807, 2.05) is 74.5 Å². The summed E-state index contributed by atoms with van der Waals surface area (Å²) in [6, 6.07) is 24.6. The van der Waals surface area contributed by atoms with E-state index < -0.39 is 5.92 Å². The lowest BCUT2D eigenvalue weighted by molar-refractivity contribution is -0.121. The molecule has 0 saturated heterocycles. The van der Waals surface area contributed by atoms with Crippen LogP contribution in [-0.4, -0.2) is 17.5 Å². The molecule has 3 aromatic carbocycles. The highest BCUT2D eigenvalue weighted by molar-refractivity contribution is 6.30. The second kappa shape index (κ2) is 11.1. The van der Waals surface area contributed by atoms with Gasteiger partial charge in [0, 0.05) is 28.3 Å². The van der Waals surface area contributed by atoms with Crippen LogP contribution < -0.4 is 10.7 Å². The maximum Gasteiger partial charge on any atom is 0.291 e. The van der Waals surface area contributed by atoms with E-state index >= 15 is 0 Å². The minimum atomic E-state index is -0.501. The molecule has 7 heteroatoms. The smallest absolute Gasteiger partial charge is 0.291 e. The predicted octanol–water partition coefficient (Wildman–Crippen LogP) is 6.79. The number of carbonyl (C=O) groups excluding carboxylic acids is 2. The Morgan fingerprint density at radius 3 is 2.21 bits per heavy atom. The molecule has 5 rings (SSSR count). The fourth-order valence-corrected chi connectivity index (χ4v) is 5.14. The van der Waals surface area contributed by atoms with Crippen molar-refractivity contribution in [3.63, 3.8) is 0 Å². The topological polar surface area (TPSA) is 83.7 Å². The average molecular weight is 526 g/mol. The first-order valence-corrected chi connectivity index (χ1v) is 13.0. The van der Waals surface area contributed by atoms with E-state index in [1.165, 1.54) is 0 Å². The second-order valence-electron chi connectivity index (χ2n) is 9.41. The molecular formula is C31H28ClN3O3. The number of furan rings is 1. The van der Waals surface area contributed by atoms with Gasteiger partial charge in [-0.25, -0.2) is 5.43 Å². The van der Waals surface area contributed by atoms with Gasteiger partial charge in [-0.05, 0) is 61.6 Å². The summed E-state index contributed by atoms with van der Waals surface area (Å²) in [7, 11) is 0. The number of rotatable bonds is 6. The van der Waals surface area contributed by atoms with Crippen LogP contribution in [0.4, 0.5) is 5.69 Å². The van der Waals surface area contributed by atoms with Crippen molar-refractivity contribution in [2.45, 2.75) is 39.0 Å². The molecule has 192 valence electrons. The number of aryl methyl sites for hydroxylation is 2. The molecule has 0 bridgehead atoms.